The lowest BCUT2D eigenvalue weighted by atomic mass is 10.1. The van der Waals surface area contributed by atoms with Crippen molar-refractivity contribution in [3.05, 3.63) is 68.2 Å². The zero-order chi connectivity index (χ0) is 20.4. The maximum atomic E-state index is 12.6. The first-order chi connectivity index (χ1) is 12.5. The third-order valence-corrected chi connectivity index (χ3v) is 4.04. The summed E-state index contributed by atoms with van der Waals surface area (Å²) < 4.78 is 37.9. The van der Waals surface area contributed by atoms with Gasteiger partial charge in [0.25, 0.3) is 11.6 Å². The maximum absolute atomic E-state index is 12.6. The zero-order valence-electron chi connectivity index (χ0n) is 13.6. The second kappa shape index (κ2) is 7.89. The summed E-state index contributed by atoms with van der Waals surface area (Å²) >= 11 is 10.8. The van der Waals surface area contributed by atoms with Gasteiger partial charge in [0.1, 0.15) is 0 Å². The van der Waals surface area contributed by atoms with E-state index in [9.17, 15) is 28.1 Å². The lowest BCUT2D eigenvalue weighted by molar-refractivity contribution is -0.385. The highest BCUT2D eigenvalue weighted by atomic mass is 35.5. The first kappa shape index (κ1) is 20.6. The van der Waals surface area contributed by atoms with Crippen LogP contribution in [0.15, 0.2) is 36.4 Å². The summed E-state index contributed by atoms with van der Waals surface area (Å²) in [5.41, 5.74) is -0.916. The molecule has 0 unspecified atom stereocenters. The van der Waals surface area contributed by atoms with Crippen molar-refractivity contribution < 1.29 is 22.9 Å². The highest BCUT2D eigenvalue weighted by Gasteiger charge is 2.31. The molecule has 0 atom stereocenters. The minimum atomic E-state index is -4.55. The van der Waals surface area contributed by atoms with Crippen molar-refractivity contribution in [2.24, 2.45) is 0 Å². The Morgan fingerprint density at radius 2 is 1.93 bits per heavy atom. The number of benzene rings is 2. The Kier molecular flexibility index (Phi) is 6.01. The number of nitro groups is 1. The van der Waals surface area contributed by atoms with Crippen LogP contribution in [-0.4, -0.2) is 15.9 Å². The molecule has 27 heavy (non-hydrogen) atoms. The Labute approximate surface area is 161 Å². The number of carbonyl (C=O) groups excluding carboxylic acids is 1. The van der Waals surface area contributed by atoms with Gasteiger partial charge in [-0.15, -0.1) is 0 Å². The number of hydrogen-bond acceptors (Lipinski definition) is 4. The van der Waals surface area contributed by atoms with Crippen LogP contribution in [0.1, 0.15) is 21.5 Å². The average Bonchev–Trinajstić information content (AvgIpc) is 2.55. The molecule has 0 radical (unpaired) electrons. The molecule has 0 spiro atoms. The Morgan fingerprint density at radius 3 is 2.48 bits per heavy atom. The summed E-state index contributed by atoms with van der Waals surface area (Å²) in [5.74, 6) is -0.711. The van der Waals surface area contributed by atoms with Crippen molar-refractivity contribution in [1.82, 2.24) is 5.32 Å². The zero-order valence-corrected chi connectivity index (χ0v) is 15.1. The molecule has 11 heteroatoms. The Morgan fingerprint density at radius 1 is 1.26 bits per heavy atom. The normalized spacial score (nSPS) is 11.0. The largest absolute Gasteiger partial charge is 0.416 e. The van der Waals surface area contributed by atoms with Crippen molar-refractivity contribution in [2.45, 2.75) is 13.1 Å². The molecule has 0 bridgehead atoms. The number of rotatable bonds is 3. The van der Waals surface area contributed by atoms with E-state index in [0.717, 1.165) is 18.2 Å². The molecular formula is C16H11ClF3N3O3S. The summed E-state index contributed by atoms with van der Waals surface area (Å²) in [7, 11) is 0. The lowest BCUT2D eigenvalue weighted by Crippen LogP contribution is -2.34. The quantitative estimate of drug-likeness (QED) is 0.429. The number of anilines is 1. The average molecular weight is 418 g/mol. The molecule has 0 fully saturated rings. The van der Waals surface area contributed by atoms with Gasteiger partial charge in [0.05, 0.1) is 21.2 Å². The fourth-order valence-electron chi connectivity index (χ4n) is 2.18. The molecule has 2 aromatic carbocycles. The van der Waals surface area contributed by atoms with Gasteiger partial charge in [-0.25, -0.2) is 0 Å². The molecule has 0 aliphatic carbocycles. The first-order valence-corrected chi connectivity index (χ1v) is 8.02. The van der Waals surface area contributed by atoms with Gasteiger partial charge >= 0.3 is 6.18 Å². The molecule has 1 amide bonds. The number of nitrogens with zero attached hydrogens (tertiary/aromatic N) is 1. The van der Waals surface area contributed by atoms with Gasteiger partial charge < -0.3 is 5.32 Å². The molecule has 0 saturated heterocycles. The van der Waals surface area contributed by atoms with Crippen LogP contribution >= 0.6 is 23.8 Å². The van der Waals surface area contributed by atoms with E-state index in [4.69, 9.17) is 23.8 Å². The number of amides is 1. The summed E-state index contributed by atoms with van der Waals surface area (Å²) in [6, 6.07) is 6.59. The van der Waals surface area contributed by atoms with Gasteiger partial charge in [0.2, 0.25) is 0 Å². The van der Waals surface area contributed by atoms with Crippen LogP contribution in [-0.2, 0) is 6.18 Å². The Hall–Kier alpha value is -2.72. The third-order valence-electron chi connectivity index (χ3n) is 3.52. The SMILES string of the molecule is Cc1c(C(=O)NC(=S)Nc2ccc(C(F)(F)F)cc2Cl)cccc1[N+](=O)[O-]. The van der Waals surface area contributed by atoms with Crippen LogP contribution in [0.5, 0.6) is 0 Å². The van der Waals surface area contributed by atoms with Gasteiger partial charge in [-0.1, -0.05) is 17.7 Å². The molecule has 0 aromatic heterocycles. The number of alkyl halides is 3. The molecule has 142 valence electrons. The van der Waals surface area contributed by atoms with Crippen molar-refractivity contribution >= 4 is 46.2 Å². The molecule has 0 aliphatic heterocycles. The fraction of sp³-hybridized carbons (Fsp3) is 0.125. The fourth-order valence-corrected chi connectivity index (χ4v) is 2.61. The Bertz CT molecular complexity index is 935. The van der Waals surface area contributed by atoms with Crippen molar-refractivity contribution in [3.63, 3.8) is 0 Å². The summed E-state index contributed by atoms with van der Waals surface area (Å²) in [6.07, 6.45) is -4.55. The highest BCUT2D eigenvalue weighted by molar-refractivity contribution is 7.80. The molecule has 0 saturated carbocycles. The van der Waals surface area contributed by atoms with Crippen LogP contribution in [0, 0.1) is 17.0 Å². The number of nitrogens with one attached hydrogen (secondary N) is 2. The predicted molar refractivity (Wildman–Crippen MR) is 98.0 cm³/mol. The van der Waals surface area contributed by atoms with Crippen LogP contribution in [0.2, 0.25) is 5.02 Å². The van der Waals surface area contributed by atoms with Crippen molar-refractivity contribution in [1.29, 1.82) is 0 Å². The van der Waals surface area contributed by atoms with Gasteiger partial charge in [-0.2, -0.15) is 13.2 Å². The van der Waals surface area contributed by atoms with E-state index < -0.39 is 22.6 Å². The molecule has 2 rings (SSSR count). The van der Waals surface area contributed by atoms with E-state index in [2.05, 4.69) is 10.6 Å². The number of carbonyl (C=O) groups is 1. The standard InChI is InChI=1S/C16H11ClF3N3O3S/c1-8-10(3-2-4-13(8)23(25)26)14(24)22-15(27)21-12-6-5-9(7-11(12)17)16(18,19)20/h2-7H,1H3,(H2,21,22,24,27). The molecule has 2 aromatic rings. The molecule has 0 aliphatic rings. The second-order valence-electron chi connectivity index (χ2n) is 5.31. The number of nitro benzene ring substituents is 1. The van der Waals surface area contributed by atoms with E-state index in [1.54, 1.807) is 0 Å². The van der Waals surface area contributed by atoms with Crippen molar-refractivity contribution in [3.8, 4) is 0 Å². The van der Waals surface area contributed by atoms with E-state index in [1.165, 1.54) is 25.1 Å². The molecular weight excluding hydrogens is 407 g/mol. The van der Waals surface area contributed by atoms with Crippen molar-refractivity contribution in [2.75, 3.05) is 5.32 Å². The van der Waals surface area contributed by atoms with Crippen LogP contribution in [0.3, 0.4) is 0 Å². The topological polar surface area (TPSA) is 84.3 Å². The summed E-state index contributed by atoms with van der Waals surface area (Å²) in [5, 5.41) is 15.3. The maximum Gasteiger partial charge on any atom is 0.416 e. The summed E-state index contributed by atoms with van der Waals surface area (Å²) in [4.78, 5) is 22.6. The number of halogens is 4. The third kappa shape index (κ3) is 4.92. The minimum absolute atomic E-state index is 0.0341. The minimum Gasteiger partial charge on any atom is -0.331 e. The lowest BCUT2D eigenvalue weighted by Gasteiger charge is -2.13. The van der Waals surface area contributed by atoms with Crippen LogP contribution < -0.4 is 10.6 Å². The number of hydrogen-bond donors (Lipinski definition) is 2. The summed E-state index contributed by atoms with van der Waals surface area (Å²) in [6.45, 7) is 1.41. The molecule has 6 nitrogen and oxygen atoms in total. The molecule has 2 N–H and O–H groups in total. The number of thiocarbonyl (C=S) groups is 1. The van der Waals surface area contributed by atoms with E-state index in [-0.39, 0.29) is 32.6 Å². The van der Waals surface area contributed by atoms with Gasteiger partial charge in [-0.3, -0.25) is 20.2 Å². The Balaban J connectivity index is 2.14. The van der Waals surface area contributed by atoms with Gasteiger partial charge in [0.15, 0.2) is 5.11 Å². The van der Waals surface area contributed by atoms with E-state index in [1.807, 2.05) is 0 Å². The van der Waals surface area contributed by atoms with Gasteiger partial charge in [0, 0.05) is 17.2 Å². The highest BCUT2D eigenvalue weighted by Crippen LogP contribution is 2.33. The monoisotopic (exact) mass is 417 g/mol. The molecule has 0 heterocycles. The predicted octanol–water partition coefficient (Wildman–Crippen LogP) is 4.70. The van der Waals surface area contributed by atoms with E-state index in [0.29, 0.717) is 0 Å². The smallest absolute Gasteiger partial charge is 0.331 e. The second-order valence-corrected chi connectivity index (χ2v) is 6.12. The van der Waals surface area contributed by atoms with Crippen LogP contribution in [0.4, 0.5) is 24.5 Å². The van der Waals surface area contributed by atoms with Gasteiger partial charge in [-0.05, 0) is 43.4 Å². The first-order valence-electron chi connectivity index (χ1n) is 7.23. The van der Waals surface area contributed by atoms with E-state index >= 15 is 0 Å². The van der Waals surface area contributed by atoms with Crippen LogP contribution in [0.25, 0.3) is 0 Å².